The van der Waals surface area contributed by atoms with Crippen molar-refractivity contribution in [1.29, 1.82) is 5.26 Å². The maximum absolute atomic E-state index is 11.7. The van der Waals surface area contributed by atoms with Crippen molar-refractivity contribution in [3.8, 4) is 6.07 Å². The van der Waals surface area contributed by atoms with Crippen LogP contribution in [-0.2, 0) is 11.2 Å². The largest absolute Gasteiger partial charge is 0.481 e. The number of rotatable bonds is 5. The van der Waals surface area contributed by atoms with Gasteiger partial charge in [0.05, 0.1) is 18.9 Å². The molecule has 0 spiro atoms. The van der Waals surface area contributed by atoms with Crippen LogP contribution in [0, 0.1) is 11.3 Å². The van der Waals surface area contributed by atoms with E-state index >= 15 is 0 Å². The predicted molar refractivity (Wildman–Crippen MR) is 69.7 cm³/mol. The summed E-state index contributed by atoms with van der Waals surface area (Å²) in [5.41, 5.74) is 1.26. The van der Waals surface area contributed by atoms with E-state index in [-0.39, 0.29) is 18.9 Å². The first-order valence-electron chi connectivity index (χ1n) is 5.72. The second-order valence-electron chi connectivity index (χ2n) is 4.03. The number of carbonyl (C=O) groups excluding carboxylic acids is 1. The Morgan fingerprint density at radius 1 is 1.37 bits per heavy atom. The first-order valence-corrected chi connectivity index (χ1v) is 5.72. The molecule has 1 rings (SSSR count). The average Bonchev–Trinajstić information content (AvgIpc) is 2.37. The van der Waals surface area contributed by atoms with Crippen LogP contribution in [0.25, 0.3) is 0 Å². The second kappa shape index (κ2) is 7.01. The highest BCUT2D eigenvalue weighted by atomic mass is 16.4. The maximum atomic E-state index is 11.7. The van der Waals surface area contributed by atoms with E-state index < -0.39 is 5.97 Å². The van der Waals surface area contributed by atoms with Crippen LogP contribution in [0.5, 0.6) is 0 Å². The fourth-order valence-corrected chi connectivity index (χ4v) is 1.42. The zero-order valence-corrected chi connectivity index (χ0v) is 10.6. The molecule has 0 aliphatic rings. The van der Waals surface area contributed by atoms with Crippen LogP contribution in [-0.4, -0.2) is 35.6 Å². The van der Waals surface area contributed by atoms with Crippen molar-refractivity contribution in [3.05, 3.63) is 29.8 Å². The molecule has 0 aromatic heterocycles. The minimum Gasteiger partial charge on any atom is -0.481 e. The Bertz CT molecular complexity index is 491. The number of hydrogen-bond donors (Lipinski definition) is 2. The van der Waals surface area contributed by atoms with Crippen LogP contribution >= 0.6 is 0 Å². The van der Waals surface area contributed by atoms with Gasteiger partial charge in [-0.2, -0.15) is 5.26 Å². The average molecular weight is 261 g/mol. The molecule has 0 radical (unpaired) electrons. The van der Waals surface area contributed by atoms with Crippen LogP contribution in [0.4, 0.5) is 10.5 Å². The lowest BCUT2D eigenvalue weighted by molar-refractivity contribution is -0.136. The number of nitrogens with zero attached hydrogens (tertiary/aromatic N) is 2. The topological polar surface area (TPSA) is 93.4 Å². The Balaban J connectivity index is 2.55. The van der Waals surface area contributed by atoms with Gasteiger partial charge in [0.1, 0.15) is 0 Å². The van der Waals surface area contributed by atoms with Gasteiger partial charge < -0.3 is 15.3 Å². The molecule has 2 N–H and O–H groups in total. The Hall–Kier alpha value is -2.55. The van der Waals surface area contributed by atoms with Crippen molar-refractivity contribution in [3.63, 3.8) is 0 Å². The van der Waals surface area contributed by atoms with E-state index in [2.05, 4.69) is 5.32 Å². The van der Waals surface area contributed by atoms with Gasteiger partial charge in [0.2, 0.25) is 0 Å². The van der Waals surface area contributed by atoms with Gasteiger partial charge >= 0.3 is 12.0 Å². The van der Waals surface area contributed by atoms with Gasteiger partial charge in [-0.3, -0.25) is 4.79 Å². The number of benzene rings is 1. The van der Waals surface area contributed by atoms with Crippen molar-refractivity contribution >= 4 is 17.7 Å². The fraction of sp³-hybridized carbons (Fsp3) is 0.308. The summed E-state index contributed by atoms with van der Waals surface area (Å²) in [5, 5.41) is 19.7. The lowest BCUT2D eigenvalue weighted by atomic mass is 10.1. The van der Waals surface area contributed by atoms with E-state index in [1.54, 1.807) is 31.3 Å². The maximum Gasteiger partial charge on any atom is 0.321 e. The Morgan fingerprint density at radius 3 is 2.53 bits per heavy atom. The van der Waals surface area contributed by atoms with Crippen molar-refractivity contribution in [2.24, 2.45) is 0 Å². The molecule has 19 heavy (non-hydrogen) atoms. The summed E-state index contributed by atoms with van der Waals surface area (Å²) in [6.45, 7) is 0.361. The Morgan fingerprint density at radius 2 is 2.00 bits per heavy atom. The Labute approximate surface area is 111 Å². The second-order valence-corrected chi connectivity index (χ2v) is 4.03. The number of hydrogen-bond acceptors (Lipinski definition) is 3. The van der Waals surface area contributed by atoms with Crippen molar-refractivity contribution < 1.29 is 14.7 Å². The van der Waals surface area contributed by atoms with Crippen LogP contribution in [0.1, 0.15) is 12.0 Å². The lowest BCUT2D eigenvalue weighted by Gasteiger charge is -2.16. The molecule has 6 heteroatoms. The summed E-state index contributed by atoms with van der Waals surface area (Å²) < 4.78 is 0. The molecule has 0 saturated carbocycles. The molecule has 100 valence electrons. The number of aliphatic carboxylic acids is 1. The molecule has 6 nitrogen and oxygen atoms in total. The standard InChI is InChI=1S/C13H15N3O3/c1-16(8-2-7-14)13(19)15-11-5-3-10(4-6-11)9-12(17)18/h3-6H,2,8-9H2,1H3,(H,15,19)(H,17,18). The molecule has 0 heterocycles. The van der Waals surface area contributed by atoms with E-state index in [9.17, 15) is 9.59 Å². The van der Waals surface area contributed by atoms with Crippen LogP contribution < -0.4 is 5.32 Å². The lowest BCUT2D eigenvalue weighted by Crippen LogP contribution is -2.31. The highest BCUT2D eigenvalue weighted by molar-refractivity contribution is 5.89. The van der Waals surface area contributed by atoms with Gasteiger partial charge in [-0.05, 0) is 17.7 Å². The minimum atomic E-state index is -0.895. The van der Waals surface area contributed by atoms with Gasteiger partial charge in [-0.25, -0.2) is 4.79 Å². The predicted octanol–water partition coefficient (Wildman–Crippen LogP) is 1.69. The quantitative estimate of drug-likeness (QED) is 0.843. The number of urea groups is 1. The van der Waals surface area contributed by atoms with Gasteiger partial charge in [0, 0.05) is 19.3 Å². The Kier molecular flexibility index (Phi) is 5.35. The number of amides is 2. The van der Waals surface area contributed by atoms with E-state index in [0.29, 0.717) is 17.8 Å². The summed E-state index contributed by atoms with van der Waals surface area (Å²) in [4.78, 5) is 23.6. The number of nitrogens with one attached hydrogen (secondary N) is 1. The summed E-state index contributed by atoms with van der Waals surface area (Å²) in [5.74, 6) is -0.895. The number of carbonyl (C=O) groups is 2. The molecule has 0 bridgehead atoms. The third-order valence-electron chi connectivity index (χ3n) is 2.47. The number of carboxylic acid groups (broad SMARTS) is 1. The van der Waals surface area contributed by atoms with E-state index in [4.69, 9.17) is 10.4 Å². The van der Waals surface area contributed by atoms with Crippen LogP contribution in [0.3, 0.4) is 0 Å². The third-order valence-corrected chi connectivity index (χ3v) is 2.47. The number of nitriles is 1. The molecule has 0 saturated heterocycles. The number of anilines is 1. The molecular formula is C13H15N3O3. The third kappa shape index (κ3) is 5.08. The summed E-state index contributed by atoms with van der Waals surface area (Å²) in [6.07, 6.45) is 0.234. The van der Waals surface area contributed by atoms with Crippen molar-refractivity contribution in [2.75, 3.05) is 18.9 Å². The zero-order chi connectivity index (χ0) is 14.3. The highest BCUT2D eigenvalue weighted by Gasteiger charge is 2.08. The summed E-state index contributed by atoms with van der Waals surface area (Å²) in [6, 6.07) is 8.26. The van der Waals surface area contributed by atoms with E-state index in [0.717, 1.165) is 0 Å². The van der Waals surface area contributed by atoms with Crippen molar-refractivity contribution in [2.45, 2.75) is 12.8 Å². The van der Waals surface area contributed by atoms with Gasteiger partial charge in [-0.1, -0.05) is 12.1 Å². The molecular weight excluding hydrogens is 246 g/mol. The van der Waals surface area contributed by atoms with E-state index in [1.165, 1.54) is 4.90 Å². The molecule has 0 fully saturated rings. The molecule has 0 unspecified atom stereocenters. The first kappa shape index (κ1) is 14.5. The highest BCUT2D eigenvalue weighted by Crippen LogP contribution is 2.10. The molecule has 0 aliphatic carbocycles. The number of carboxylic acids is 1. The molecule has 0 aliphatic heterocycles. The van der Waals surface area contributed by atoms with Crippen LogP contribution in [0.15, 0.2) is 24.3 Å². The van der Waals surface area contributed by atoms with Gasteiger partial charge in [0.25, 0.3) is 0 Å². The van der Waals surface area contributed by atoms with Gasteiger partial charge in [0.15, 0.2) is 0 Å². The SMILES string of the molecule is CN(CCC#N)C(=O)Nc1ccc(CC(=O)O)cc1. The molecule has 2 amide bonds. The van der Waals surface area contributed by atoms with E-state index in [1.807, 2.05) is 6.07 Å². The molecule has 1 aromatic carbocycles. The van der Waals surface area contributed by atoms with Crippen LogP contribution in [0.2, 0.25) is 0 Å². The van der Waals surface area contributed by atoms with Crippen molar-refractivity contribution in [1.82, 2.24) is 4.90 Å². The monoisotopic (exact) mass is 261 g/mol. The molecule has 1 aromatic rings. The summed E-state index contributed by atoms with van der Waals surface area (Å²) in [7, 11) is 1.60. The smallest absolute Gasteiger partial charge is 0.321 e. The fourth-order valence-electron chi connectivity index (χ4n) is 1.42. The minimum absolute atomic E-state index is 0.0453. The first-order chi connectivity index (χ1) is 9.02. The normalized spacial score (nSPS) is 9.47. The zero-order valence-electron chi connectivity index (χ0n) is 10.6. The molecule has 0 atom stereocenters. The van der Waals surface area contributed by atoms with Gasteiger partial charge in [-0.15, -0.1) is 0 Å². The summed E-state index contributed by atoms with van der Waals surface area (Å²) >= 11 is 0.